The number of nitrogens with one attached hydrogen (secondary N) is 2. The van der Waals surface area contributed by atoms with Gasteiger partial charge in [-0.2, -0.15) is 0 Å². The fraction of sp³-hybridized carbons (Fsp3) is 0.190. The molecule has 0 heterocycles. The van der Waals surface area contributed by atoms with Crippen LogP contribution in [0.25, 0.3) is 10.8 Å². The summed E-state index contributed by atoms with van der Waals surface area (Å²) in [5.74, 6) is -0.364. The van der Waals surface area contributed by atoms with Gasteiger partial charge >= 0.3 is 0 Å². The molecule has 3 nitrogen and oxygen atoms in total. The van der Waals surface area contributed by atoms with Crippen LogP contribution in [0.15, 0.2) is 66.7 Å². The van der Waals surface area contributed by atoms with E-state index in [9.17, 15) is 9.18 Å². The molecule has 3 aromatic rings. The standard InChI is InChI=1S/C21H21FN2O/c1-15(19-8-4-6-17-5-2-3-7-20(17)19)23-14-21(25)24-13-16-9-11-18(22)12-10-16/h2-12,15,23H,13-14H2,1H3,(H,24,25)/t15-/m0/s1. The predicted octanol–water partition coefficient (Wildman–Crippen LogP) is 3.95. The molecule has 0 aliphatic heterocycles. The lowest BCUT2D eigenvalue weighted by molar-refractivity contribution is -0.120. The number of carbonyl (C=O) groups excluding carboxylic acids is 1. The Balaban J connectivity index is 1.55. The molecular formula is C21H21FN2O. The Morgan fingerprint density at radius 1 is 1.00 bits per heavy atom. The summed E-state index contributed by atoms with van der Waals surface area (Å²) >= 11 is 0. The van der Waals surface area contributed by atoms with Crippen molar-refractivity contribution in [2.75, 3.05) is 6.54 Å². The van der Waals surface area contributed by atoms with Crippen molar-refractivity contribution in [2.45, 2.75) is 19.5 Å². The lowest BCUT2D eigenvalue weighted by Gasteiger charge is -2.16. The number of benzene rings is 3. The Morgan fingerprint density at radius 2 is 1.72 bits per heavy atom. The van der Waals surface area contributed by atoms with Crippen LogP contribution in [0.4, 0.5) is 4.39 Å². The van der Waals surface area contributed by atoms with Crippen molar-refractivity contribution >= 4 is 16.7 Å². The minimum absolute atomic E-state index is 0.0580. The molecule has 0 spiro atoms. The lowest BCUT2D eigenvalue weighted by atomic mass is 10.00. The van der Waals surface area contributed by atoms with E-state index in [0.717, 1.165) is 5.56 Å². The first-order valence-corrected chi connectivity index (χ1v) is 8.35. The van der Waals surface area contributed by atoms with Gasteiger partial charge in [-0.3, -0.25) is 4.79 Å². The summed E-state index contributed by atoms with van der Waals surface area (Å²) in [6.07, 6.45) is 0. The summed E-state index contributed by atoms with van der Waals surface area (Å²) in [7, 11) is 0. The molecule has 3 aromatic carbocycles. The average Bonchev–Trinajstić information content (AvgIpc) is 2.65. The predicted molar refractivity (Wildman–Crippen MR) is 98.6 cm³/mol. The highest BCUT2D eigenvalue weighted by molar-refractivity contribution is 5.86. The molecule has 0 radical (unpaired) electrons. The molecule has 0 aliphatic carbocycles. The number of hydrogen-bond donors (Lipinski definition) is 2. The Kier molecular flexibility index (Phi) is 5.41. The number of rotatable bonds is 6. The van der Waals surface area contributed by atoms with Crippen LogP contribution in [0.5, 0.6) is 0 Å². The molecule has 1 atom stereocenters. The first-order chi connectivity index (χ1) is 12.1. The molecule has 0 saturated carbocycles. The summed E-state index contributed by atoms with van der Waals surface area (Å²) in [6.45, 7) is 2.67. The molecule has 0 fully saturated rings. The molecule has 128 valence electrons. The Morgan fingerprint density at radius 3 is 2.52 bits per heavy atom. The second-order valence-electron chi connectivity index (χ2n) is 6.07. The van der Waals surface area contributed by atoms with E-state index in [2.05, 4.69) is 41.8 Å². The van der Waals surface area contributed by atoms with Gasteiger partial charge in [-0.25, -0.2) is 4.39 Å². The fourth-order valence-electron chi connectivity index (χ4n) is 2.85. The third-order valence-corrected chi connectivity index (χ3v) is 4.26. The quantitative estimate of drug-likeness (QED) is 0.716. The van der Waals surface area contributed by atoms with Crippen molar-refractivity contribution in [1.29, 1.82) is 0 Å². The van der Waals surface area contributed by atoms with E-state index >= 15 is 0 Å². The van der Waals surface area contributed by atoms with Crippen molar-refractivity contribution < 1.29 is 9.18 Å². The number of hydrogen-bond acceptors (Lipinski definition) is 2. The third-order valence-electron chi connectivity index (χ3n) is 4.26. The zero-order valence-electron chi connectivity index (χ0n) is 14.1. The zero-order chi connectivity index (χ0) is 17.6. The minimum atomic E-state index is -0.277. The van der Waals surface area contributed by atoms with E-state index in [-0.39, 0.29) is 24.3 Å². The Labute approximate surface area is 146 Å². The van der Waals surface area contributed by atoms with E-state index in [4.69, 9.17) is 0 Å². The van der Waals surface area contributed by atoms with Gasteiger partial charge in [0.25, 0.3) is 0 Å². The van der Waals surface area contributed by atoms with Crippen LogP contribution in [0.3, 0.4) is 0 Å². The topological polar surface area (TPSA) is 41.1 Å². The fourth-order valence-corrected chi connectivity index (χ4v) is 2.85. The van der Waals surface area contributed by atoms with Crippen LogP contribution in [0, 0.1) is 5.82 Å². The summed E-state index contributed by atoms with van der Waals surface area (Å²) < 4.78 is 12.9. The van der Waals surface area contributed by atoms with Crippen molar-refractivity contribution in [3.63, 3.8) is 0 Å². The van der Waals surface area contributed by atoms with Crippen molar-refractivity contribution in [3.8, 4) is 0 Å². The molecule has 0 aliphatic rings. The molecule has 0 aromatic heterocycles. The van der Waals surface area contributed by atoms with Crippen molar-refractivity contribution in [3.05, 3.63) is 83.7 Å². The first-order valence-electron chi connectivity index (χ1n) is 8.35. The SMILES string of the molecule is C[C@H](NCC(=O)NCc1ccc(F)cc1)c1cccc2ccccc12. The maximum absolute atomic E-state index is 12.9. The molecule has 0 bridgehead atoms. The minimum Gasteiger partial charge on any atom is -0.351 e. The largest absolute Gasteiger partial charge is 0.351 e. The van der Waals surface area contributed by atoms with Crippen molar-refractivity contribution in [2.24, 2.45) is 0 Å². The van der Waals surface area contributed by atoms with Crippen LogP contribution in [0.2, 0.25) is 0 Å². The molecule has 0 unspecified atom stereocenters. The van der Waals surface area contributed by atoms with Gasteiger partial charge in [0.1, 0.15) is 5.82 Å². The molecule has 2 N–H and O–H groups in total. The van der Waals surface area contributed by atoms with Crippen LogP contribution >= 0.6 is 0 Å². The monoisotopic (exact) mass is 336 g/mol. The number of carbonyl (C=O) groups is 1. The summed E-state index contributed by atoms with van der Waals surface area (Å²) in [5, 5.41) is 8.48. The number of amides is 1. The Hall–Kier alpha value is -2.72. The highest BCUT2D eigenvalue weighted by Crippen LogP contribution is 2.23. The molecule has 0 saturated heterocycles. The Bertz CT molecular complexity index is 856. The van der Waals surface area contributed by atoms with Crippen LogP contribution in [0.1, 0.15) is 24.1 Å². The van der Waals surface area contributed by atoms with E-state index in [1.54, 1.807) is 12.1 Å². The average molecular weight is 336 g/mol. The smallest absolute Gasteiger partial charge is 0.234 e. The highest BCUT2D eigenvalue weighted by Gasteiger charge is 2.10. The molecule has 1 amide bonds. The van der Waals surface area contributed by atoms with Gasteiger partial charge in [0, 0.05) is 12.6 Å². The first kappa shape index (κ1) is 17.1. The van der Waals surface area contributed by atoms with Gasteiger partial charge in [0.05, 0.1) is 6.54 Å². The number of halogens is 1. The van der Waals surface area contributed by atoms with E-state index in [1.165, 1.54) is 28.5 Å². The summed E-state index contributed by atoms with van der Waals surface area (Å²) in [4.78, 5) is 12.0. The summed E-state index contributed by atoms with van der Waals surface area (Å²) in [5.41, 5.74) is 2.04. The van der Waals surface area contributed by atoms with E-state index in [0.29, 0.717) is 6.54 Å². The molecular weight excluding hydrogens is 315 g/mol. The van der Waals surface area contributed by atoms with E-state index < -0.39 is 0 Å². The van der Waals surface area contributed by atoms with Gasteiger partial charge in [-0.05, 0) is 41.0 Å². The van der Waals surface area contributed by atoms with Gasteiger partial charge < -0.3 is 10.6 Å². The highest BCUT2D eigenvalue weighted by atomic mass is 19.1. The lowest BCUT2D eigenvalue weighted by Crippen LogP contribution is -2.34. The third kappa shape index (κ3) is 4.43. The van der Waals surface area contributed by atoms with Crippen molar-refractivity contribution in [1.82, 2.24) is 10.6 Å². The molecule has 25 heavy (non-hydrogen) atoms. The second-order valence-corrected chi connectivity index (χ2v) is 6.07. The number of fused-ring (bicyclic) bond motifs is 1. The van der Waals surface area contributed by atoms with Gasteiger partial charge in [0.2, 0.25) is 5.91 Å². The van der Waals surface area contributed by atoms with Gasteiger partial charge in [-0.1, -0.05) is 54.6 Å². The van der Waals surface area contributed by atoms with Crippen LogP contribution in [-0.2, 0) is 11.3 Å². The molecule has 3 rings (SSSR count). The van der Waals surface area contributed by atoms with Crippen LogP contribution < -0.4 is 10.6 Å². The maximum Gasteiger partial charge on any atom is 0.234 e. The normalized spacial score (nSPS) is 12.1. The van der Waals surface area contributed by atoms with E-state index in [1.807, 2.05) is 18.2 Å². The van der Waals surface area contributed by atoms with Gasteiger partial charge in [0.15, 0.2) is 0 Å². The zero-order valence-corrected chi connectivity index (χ0v) is 14.1. The summed E-state index contributed by atoms with van der Waals surface area (Å²) in [6, 6.07) is 20.6. The van der Waals surface area contributed by atoms with Crippen LogP contribution in [-0.4, -0.2) is 12.5 Å². The van der Waals surface area contributed by atoms with Gasteiger partial charge in [-0.15, -0.1) is 0 Å². The molecule has 4 heteroatoms. The second kappa shape index (κ2) is 7.90. The maximum atomic E-state index is 12.9.